The molecule has 3 aliphatic heterocycles. The van der Waals surface area contributed by atoms with E-state index in [4.69, 9.17) is 23.4 Å². The highest BCUT2D eigenvalue weighted by Gasteiger charge is 2.76. The highest BCUT2D eigenvalue weighted by atomic mass is 16.7. The van der Waals surface area contributed by atoms with Crippen LogP contribution in [0.2, 0.25) is 0 Å². The van der Waals surface area contributed by atoms with Crippen molar-refractivity contribution in [3.63, 3.8) is 0 Å². The number of esters is 3. The number of furan rings is 1. The van der Waals surface area contributed by atoms with Gasteiger partial charge in [0.05, 0.1) is 25.7 Å². The van der Waals surface area contributed by atoms with Crippen LogP contribution in [0.3, 0.4) is 0 Å². The van der Waals surface area contributed by atoms with Crippen LogP contribution in [-0.2, 0) is 33.3 Å². The van der Waals surface area contributed by atoms with Gasteiger partial charge in [0.2, 0.25) is 5.79 Å². The van der Waals surface area contributed by atoms with E-state index in [2.05, 4.69) is 0 Å². The Morgan fingerprint density at radius 2 is 1.98 bits per heavy atom. The molecule has 10 nitrogen and oxygen atoms in total. The molecule has 1 saturated heterocycles. The second-order valence-electron chi connectivity index (χ2n) is 13.2. The van der Waals surface area contributed by atoms with E-state index in [1.54, 1.807) is 38.3 Å². The first-order chi connectivity index (χ1) is 19.7. The van der Waals surface area contributed by atoms with Crippen molar-refractivity contribution in [3.05, 3.63) is 59.1 Å². The first-order valence-corrected chi connectivity index (χ1v) is 14.4. The maximum Gasteiger partial charge on any atom is 0.335 e. The second-order valence-corrected chi connectivity index (χ2v) is 13.2. The molecule has 5 aliphatic rings. The molecule has 1 aromatic rings. The molecule has 2 saturated carbocycles. The zero-order chi connectivity index (χ0) is 30.4. The Morgan fingerprint density at radius 3 is 2.62 bits per heavy atom. The number of carbonyl (C=O) groups excluding carboxylic acids is 3. The van der Waals surface area contributed by atoms with E-state index in [1.165, 1.54) is 19.4 Å². The van der Waals surface area contributed by atoms with Crippen molar-refractivity contribution in [2.24, 2.45) is 28.1 Å². The zero-order valence-corrected chi connectivity index (χ0v) is 24.7. The summed E-state index contributed by atoms with van der Waals surface area (Å²) >= 11 is 0. The molecule has 3 bridgehead atoms. The molecule has 0 aromatic carbocycles. The molecule has 2 N–H and O–H groups in total. The fraction of sp³-hybridized carbons (Fsp3) is 0.594. The van der Waals surface area contributed by atoms with Crippen molar-refractivity contribution in [2.45, 2.75) is 84.1 Å². The van der Waals surface area contributed by atoms with Gasteiger partial charge >= 0.3 is 17.9 Å². The minimum atomic E-state index is -2.11. The van der Waals surface area contributed by atoms with Gasteiger partial charge in [-0.2, -0.15) is 0 Å². The van der Waals surface area contributed by atoms with E-state index in [0.717, 1.165) is 0 Å². The molecule has 2 aliphatic carbocycles. The number of allylic oxidation sites excluding steroid dienone is 2. The molecule has 0 radical (unpaired) electrons. The molecule has 3 fully saturated rings. The lowest BCUT2D eigenvalue weighted by Crippen LogP contribution is -2.61. The normalized spacial score (nSPS) is 42.8. The van der Waals surface area contributed by atoms with E-state index in [0.29, 0.717) is 41.5 Å². The van der Waals surface area contributed by atoms with Crippen LogP contribution in [0.4, 0.5) is 0 Å². The molecule has 6 rings (SSSR count). The number of hydrogen-bond acceptors (Lipinski definition) is 10. The SMILES string of the molecule is C/C=C(\C)C(=O)O[C@H]1[C@]2(C)C[C@@H]3O[C@@]1(O)C=C1C4=CC(=O)O[C@@H](c5ccoc5)[C@]4(C)CC[C@@H]1[C@]3(C)[C@@H]2[C@@H](O)C(=O)OC. The molecule has 0 spiro atoms. The van der Waals surface area contributed by atoms with Crippen molar-refractivity contribution >= 4 is 17.9 Å². The lowest BCUT2D eigenvalue weighted by molar-refractivity contribution is -0.298. The molecular formula is C32H38O10. The Kier molecular flexibility index (Phi) is 6.46. The highest BCUT2D eigenvalue weighted by Crippen LogP contribution is 2.72. The fourth-order valence-electron chi connectivity index (χ4n) is 8.98. The molecule has 42 heavy (non-hydrogen) atoms. The Bertz CT molecular complexity index is 1420. The summed E-state index contributed by atoms with van der Waals surface area (Å²) in [6, 6.07) is 1.77. The number of aliphatic hydroxyl groups is 2. The van der Waals surface area contributed by atoms with Gasteiger partial charge in [0.1, 0.15) is 6.10 Å². The maximum atomic E-state index is 13.2. The van der Waals surface area contributed by atoms with Crippen LogP contribution >= 0.6 is 0 Å². The summed E-state index contributed by atoms with van der Waals surface area (Å²) in [7, 11) is 1.21. The largest absolute Gasteiger partial charge is 0.472 e. The third kappa shape index (κ3) is 3.70. The van der Waals surface area contributed by atoms with Gasteiger partial charge in [-0.1, -0.05) is 26.8 Å². The van der Waals surface area contributed by atoms with E-state index < -0.39 is 70.3 Å². The van der Waals surface area contributed by atoms with Gasteiger partial charge in [-0.15, -0.1) is 0 Å². The number of ether oxygens (including phenoxy) is 4. The Labute approximate surface area is 244 Å². The summed E-state index contributed by atoms with van der Waals surface area (Å²) in [5.74, 6) is -5.23. The Balaban J connectivity index is 1.57. The van der Waals surface area contributed by atoms with Crippen LogP contribution in [0, 0.1) is 28.1 Å². The van der Waals surface area contributed by atoms with Crippen LogP contribution in [0.15, 0.2) is 58.0 Å². The molecule has 226 valence electrons. The predicted octanol–water partition coefficient (Wildman–Crippen LogP) is 3.69. The number of methoxy groups -OCH3 is 1. The summed E-state index contributed by atoms with van der Waals surface area (Å²) in [6.45, 7) is 9.12. The van der Waals surface area contributed by atoms with Gasteiger partial charge in [-0.3, -0.25) is 0 Å². The monoisotopic (exact) mass is 582 g/mol. The van der Waals surface area contributed by atoms with Gasteiger partial charge in [0.25, 0.3) is 0 Å². The van der Waals surface area contributed by atoms with E-state index in [-0.39, 0.29) is 5.92 Å². The number of aliphatic hydroxyl groups excluding tert-OH is 1. The van der Waals surface area contributed by atoms with Crippen LogP contribution in [0.25, 0.3) is 0 Å². The van der Waals surface area contributed by atoms with Gasteiger partial charge < -0.3 is 33.6 Å². The molecular weight excluding hydrogens is 544 g/mol. The predicted molar refractivity (Wildman–Crippen MR) is 146 cm³/mol. The topological polar surface area (TPSA) is 142 Å². The van der Waals surface area contributed by atoms with E-state index in [9.17, 15) is 24.6 Å². The van der Waals surface area contributed by atoms with Crippen LogP contribution < -0.4 is 0 Å². The zero-order valence-electron chi connectivity index (χ0n) is 24.7. The fourth-order valence-corrected chi connectivity index (χ4v) is 8.98. The first-order valence-electron chi connectivity index (χ1n) is 14.4. The van der Waals surface area contributed by atoms with Crippen LogP contribution in [-0.4, -0.2) is 59.3 Å². The van der Waals surface area contributed by atoms with E-state index >= 15 is 0 Å². The third-order valence-electron chi connectivity index (χ3n) is 11.0. The first kappa shape index (κ1) is 28.9. The summed E-state index contributed by atoms with van der Waals surface area (Å²) in [4.78, 5) is 39.2. The Morgan fingerprint density at radius 1 is 1.24 bits per heavy atom. The smallest absolute Gasteiger partial charge is 0.335 e. The number of cyclic esters (lactones) is 1. The molecule has 4 heterocycles. The van der Waals surface area contributed by atoms with Crippen molar-refractivity contribution < 1.29 is 48.0 Å². The van der Waals surface area contributed by atoms with Gasteiger partial charge in [-0.25, -0.2) is 14.4 Å². The summed E-state index contributed by atoms with van der Waals surface area (Å²) in [6.07, 6.45) is 5.20. The van der Waals surface area contributed by atoms with Gasteiger partial charge in [0, 0.05) is 39.4 Å². The maximum absolute atomic E-state index is 13.2. The highest BCUT2D eigenvalue weighted by molar-refractivity contribution is 5.88. The Hall–Kier alpha value is -3.21. The van der Waals surface area contributed by atoms with Crippen molar-refractivity contribution in [1.29, 1.82) is 0 Å². The summed E-state index contributed by atoms with van der Waals surface area (Å²) in [5, 5.41) is 24.0. The van der Waals surface area contributed by atoms with Crippen LogP contribution in [0.5, 0.6) is 0 Å². The standard InChI is InChI=1S/C32H38O10/c1-7-16(2)26(35)41-28-30(4)14-21-31(5,24(30)23(34)27(36)38-6)19-8-10-29(3)20(18(19)13-32(28,37)42-21)12-22(33)40-25(29)17-9-11-39-15-17/h7,9,11-13,15,19,21,23-25,28,34,37H,8,10,14H2,1-6H3/b16-7+/t19-,21-,23+,24+,25-,28-,29+,30+,31-,32-/m0/s1. The quantitative estimate of drug-likeness (QED) is 0.300. The summed E-state index contributed by atoms with van der Waals surface area (Å²) < 4.78 is 28.7. The molecule has 10 atom stereocenters. The minimum Gasteiger partial charge on any atom is -0.472 e. The summed E-state index contributed by atoms with van der Waals surface area (Å²) in [5.41, 5.74) is -0.258. The molecule has 0 unspecified atom stereocenters. The van der Waals surface area contributed by atoms with E-state index in [1.807, 2.05) is 20.8 Å². The molecule has 0 amide bonds. The van der Waals surface area contributed by atoms with Crippen molar-refractivity contribution in [3.8, 4) is 0 Å². The van der Waals surface area contributed by atoms with Gasteiger partial charge in [-0.05, 0) is 62.3 Å². The number of carbonyl (C=O) groups is 3. The molecule has 10 heteroatoms. The van der Waals surface area contributed by atoms with Gasteiger partial charge in [0.15, 0.2) is 12.2 Å². The average Bonchev–Trinajstić information content (AvgIpc) is 3.52. The number of fused-ring (bicyclic) bond motifs is 6. The number of hydrogen-bond donors (Lipinski definition) is 2. The van der Waals surface area contributed by atoms with Crippen molar-refractivity contribution in [1.82, 2.24) is 0 Å². The lowest BCUT2D eigenvalue weighted by Gasteiger charge is -2.54. The lowest BCUT2D eigenvalue weighted by atomic mass is 9.51. The number of rotatable bonds is 5. The van der Waals surface area contributed by atoms with Crippen LogP contribution in [0.1, 0.15) is 65.5 Å². The molecule has 1 aromatic heterocycles. The third-order valence-corrected chi connectivity index (χ3v) is 11.0. The second kappa shape index (κ2) is 9.39. The van der Waals surface area contributed by atoms with Crippen molar-refractivity contribution in [2.75, 3.05) is 7.11 Å². The average molecular weight is 583 g/mol. The minimum absolute atomic E-state index is 0.313.